The van der Waals surface area contributed by atoms with Crippen molar-refractivity contribution in [3.05, 3.63) is 65.0 Å². The van der Waals surface area contributed by atoms with Gasteiger partial charge in [-0.2, -0.15) is 0 Å². The summed E-state index contributed by atoms with van der Waals surface area (Å²) in [5.74, 6) is -0.424. The van der Waals surface area contributed by atoms with E-state index >= 15 is 0 Å². The number of pyridine rings is 1. The molecular weight excluding hydrogens is 337 g/mol. The zero-order chi connectivity index (χ0) is 18.1. The van der Waals surface area contributed by atoms with Crippen LogP contribution in [-0.2, 0) is 11.3 Å². The molecule has 8 heteroatoms. The molecular formula is C18H18FN5O2. The van der Waals surface area contributed by atoms with E-state index < -0.39 is 0 Å². The molecule has 0 aliphatic carbocycles. The molecule has 0 saturated carbocycles. The van der Waals surface area contributed by atoms with Crippen LogP contribution in [0.15, 0.2) is 53.5 Å². The minimum Gasteiger partial charge on any atom is -0.366 e. The Morgan fingerprint density at radius 3 is 2.50 bits per heavy atom. The summed E-state index contributed by atoms with van der Waals surface area (Å²) in [6.45, 7) is 1.96. The van der Waals surface area contributed by atoms with Gasteiger partial charge >= 0.3 is 5.69 Å². The maximum absolute atomic E-state index is 13.9. The minimum absolute atomic E-state index is 0.0970. The average Bonchev–Trinajstić information content (AvgIpc) is 2.98. The number of hydrogen-bond donors (Lipinski definition) is 0. The van der Waals surface area contributed by atoms with Crippen molar-refractivity contribution in [2.45, 2.75) is 6.54 Å². The number of aromatic nitrogens is 3. The molecule has 0 spiro atoms. The van der Waals surface area contributed by atoms with Gasteiger partial charge in [-0.25, -0.2) is 13.9 Å². The maximum atomic E-state index is 13.9. The van der Waals surface area contributed by atoms with Gasteiger partial charge in [-0.15, -0.1) is 5.10 Å². The lowest BCUT2D eigenvalue weighted by Crippen LogP contribution is -2.50. The third-order valence-electron chi connectivity index (χ3n) is 4.60. The molecule has 1 amide bonds. The van der Waals surface area contributed by atoms with E-state index in [1.54, 1.807) is 47.5 Å². The Bertz CT molecular complexity index is 1000. The van der Waals surface area contributed by atoms with Gasteiger partial charge < -0.3 is 9.80 Å². The van der Waals surface area contributed by atoms with E-state index in [0.717, 1.165) is 0 Å². The Labute approximate surface area is 148 Å². The summed E-state index contributed by atoms with van der Waals surface area (Å²) in [4.78, 5) is 28.4. The van der Waals surface area contributed by atoms with Crippen molar-refractivity contribution in [3.8, 4) is 0 Å². The van der Waals surface area contributed by atoms with E-state index in [1.807, 2.05) is 4.90 Å². The molecule has 2 aromatic heterocycles. The second-order valence-electron chi connectivity index (χ2n) is 6.19. The molecule has 3 heterocycles. The number of benzene rings is 1. The number of nitrogens with zero attached hydrogens (tertiary/aromatic N) is 5. The predicted octanol–water partition coefficient (Wildman–Crippen LogP) is 0.984. The van der Waals surface area contributed by atoms with Gasteiger partial charge in [0, 0.05) is 32.4 Å². The summed E-state index contributed by atoms with van der Waals surface area (Å²) in [6, 6.07) is 11.9. The largest absolute Gasteiger partial charge is 0.366 e. The Morgan fingerprint density at radius 2 is 1.77 bits per heavy atom. The molecule has 134 valence electrons. The van der Waals surface area contributed by atoms with Crippen molar-refractivity contribution in [1.82, 2.24) is 19.1 Å². The number of carbonyl (C=O) groups is 1. The standard InChI is InChI=1S/C18H18FN5O2/c19-14-5-1-2-6-15(14)21-9-11-22(12-10-21)17(25)13-24-18(26)23-8-4-3-7-16(23)20-24/h1-8H,9-13H2. The van der Waals surface area contributed by atoms with Crippen LogP contribution < -0.4 is 10.6 Å². The Kier molecular flexibility index (Phi) is 4.16. The molecule has 3 aromatic rings. The first-order valence-electron chi connectivity index (χ1n) is 8.45. The quantitative estimate of drug-likeness (QED) is 0.703. The SMILES string of the molecule is O=C(Cn1nc2ccccn2c1=O)N1CCN(c2ccccc2F)CC1. The molecule has 1 aliphatic rings. The fourth-order valence-corrected chi connectivity index (χ4v) is 3.20. The summed E-state index contributed by atoms with van der Waals surface area (Å²) >= 11 is 0. The molecule has 26 heavy (non-hydrogen) atoms. The summed E-state index contributed by atoms with van der Waals surface area (Å²) in [5, 5.41) is 4.18. The Balaban J connectivity index is 1.43. The van der Waals surface area contributed by atoms with Gasteiger partial charge in [0.05, 0.1) is 5.69 Å². The van der Waals surface area contributed by atoms with Crippen LogP contribution in [0.1, 0.15) is 0 Å². The van der Waals surface area contributed by atoms with Crippen LogP contribution >= 0.6 is 0 Å². The number of hydrogen-bond acceptors (Lipinski definition) is 4. The number of anilines is 1. The van der Waals surface area contributed by atoms with Crippen molar-refractivity contribution >= 4 is 17.2 Å². The topological polar surface area (TPSA) is 62.9 Å². The lowest BCUT2D eigenvalue weighted by molar-refractivity contribution is -0.132. The molecule has 0 unspecified atom stereocenters. The second-order valence-corrected chi connectivity index (χ2v) is 6.19. The number of piperazine rings is 1. The van der Waals surface area contributed by atoms with Crippen molar-refractivity contribution in [3.63, 3.8) is 0 Å². The Hall–Kier alpha value is -3.16. The molecule has 1 aliphatic heterocycles. The highest BCUT2D eigenvalue weighted by Gasteiger charge is 2.23. The number of para-hydroxylation sites is 1. The minimum atomic E-state index is -0.334. The summed E-state index contributed by atoms with van der Waals surface area (Å²) in [6.07, 6.45) is 1.62. The lowest BCUT2D eigenvalue weighted by Gasteiger charge is -2.36. The number of carbonyl (C=O) groups excluding carboxylic acids is 1. The second kappa shape index (κ2) is 6.62. The van der Waals surface area contributed by atoms with Gasteiger partial charge in [0.1, 0.15) is 12.4 Å². The van der Waals surface area contributed by atoms with Crippen LogP contribution in [0, 0.1) is 5.82 Å². The molecule has 1 fully saturated rings. The lowest BCUT2D eigenvalue weighted by atomic mass is 10.2. The maximum Gasteiger partial charge on any atom is 0.350 e. The monoisotopic (exact) mass is 355 g/mol. The third-order valence-corrected chi connectivity index (χ3v) is 4.60. The first kappa shape index (κ1) is 16.3. The summed E-state index contributed by atoms with van der Waals surface area (Å²) in [5.41, 5.74) is 0.727. The van der Waals surface area contributed by atoms with E-state index in [2.05, 4.69) is 5.10 Å². The average molecular weight is 355 g/mol. The summed E-state index contributed by atoms with van der Waals surface area (Å²) in [7, 11) is 0. The number of amides is 1. The van der Waals surface area contributed by atoms with Crippen molar-refractivity contribution < 1.29 is 9.18 Å². The van der Waals surface area contributed by atoms with E-state index in [9.17, 15) is 14.0 Å². The van der Waals surface area contributed by atoms with E-state index in [-0.39, 0.29) is 24.0 Å². The molecule has 0 radical (unpaired) electrons. The first-order valence-corrected chi connectivity index (χ1v) is 8.45. The van der Waals surface area contributed by atoms with Gasteiger partial charge in [0.2, 0.25) is 5.91 Å². The van der Waals surface area contributed by atoms with E-state index in [0.29, 0.717) is 37.5 Å². The van der Waals surface area contributed by atoms with Crippen LogP contribution in [0.25, 0.3) is 5.65 Å². The summed E-state index contributed by atoms with van der Waals surface area (Å²) < 4.78 is 16.5. The smallest absolute Gasteiger partial charge is 0.350 e. The fourth-order valence-electron chi connectivity index (χ4n) is 3.20. The van der Waals surface area contributed by atoms with Gasteiger partial charge in [0.15, 0.2) is 5.65 Å². The van der Waals surface area contributed by atoms with Gasteiger partial charge in [0.25, 0.3) is 0 Å². The number of halogens is 1. The normalized spacial score (nSPS) is 14.8. The number of fused-ring (bicyclic) bond motifs is 1. The molecule has 1 aromatic carbocycles. The van der Waals surface area contributed by atoms with Crippen molar-refractivity contribution in [2.75, 3.05) is 31.1 Å². The van der Waals surface area contributed by atoms with E-state index in [4.69, 9.17) is 0 Å². The van der Waals surface area contributed by atoms with Gasteiger partial charge in [-0.3, -0.25) is 9.20 Å². The molecule has 7 nitrogen and oxygen atoms in total. The highest BCUT2D eigenvalue weighted by molar-refractivity contribution is 5.76. The molecule has 0 atom stereocenters. The highest BCUT2D eigenvalue weighted by atomic mass is 19.1. The van der Waals surface area contributed by atoms with E-state index in [1.165, 1.54) is 15.1 Å². The highest BCUT2D eigenvalue weighted by Crippen LogP contribution is 2.20. The van der Waals surface area contributed by atoms with Crippen LogP contribution in [0.4, 0.5) is 10.1 Å². The van der Waals surface area contributed by atoms with Gasteiger partial charge in [-0.05, 0) is 24.3 Å². The molecule has 0 N–H and O–H groups in total. The number of rotatable bonds is 3. The Morgan fingerprint density at radius 1 is 1.04 bits per heavy atom. The van der Waals surface area contributed by atoms with Crippen molar-refractivity contribution in [2.24, 2.45) is 0 Å². The fraction of sp³-hybridized carbons (Fsp3) is 0.278. The van der Waals surface area contributed by atoms with Crippen LogP contribution in [0.2, 0.25) is 0 Å². The van der Waals surface area contributed by atoms with Crippen LogP contribution in [-0.4, -0.2) is 51.2 Å². The zero-order valence-corrected chi connectivity index (χ0v) is 14.1. The molecule has 0 bridgehead atoms. The van der Waals surface area contributed by atoms with Crippen molar-refractivity contribution in [1.29, 1.82) is 0 Å². The van der Waals surface area contributed by atoms with Gasteiger partial charge in [-0.1, -0.05) is 18.2 Å². The van der Waals surface area contributed by atoms with Crippen LogP contribution in [0.5, 0.6) is 0 Å². The van der Waals surface area contributed by atoms with Crippen LogP contribution in [0.3, 0.4) is 0 Å². The molecule has 1 saturated heterocycles. The molecule has 4 rings (SSSR count). The zero-order valence-electron chi connectivity index (χ0n) is 14.1. The first-order chi connectivity index (χ1) is 12.6. The predicted molar refractivity (Wildman–Crippen MR) is 94.6 cm³/mol. The third kappa shape index (κ3) is 2.94.